The van der Waals surface area contributed by atoms with Crippen molar-refractivity contribution in [3.05, 3.63) is 83.1 Å². The fourth-order valence-electron chi connectivity index (χ4n) is 3.99. The van der Waals surface area contributed by atoms with E-state index in [1.807, 2.05) is 44.2 Å². The third-order valence-electron chi connectivity index (χ3n) is 5.65. The molecule has 0 radical (unpaired) electrons. The summed E-state index contributed by atoms with van der Waals surface area (Å²) in [4.78, 5) is 28.8. The number of hydrogen-bond acceptors (Lipinski definition) is 6. The molecule has 1 N–H and O–H groups in total. The zero-order valence-corrected chi connectivity index (χ0v) is 19.8. The summed E-state index contributed by atoms with van der Waals surface area (Å²) in [6.07, 6.45) is 0. The number of amides is 2. The number of anilines is 2. The molecule has 7 heteroatoms. The topological polar surface area (TPSA) is 77.1 Å². The molecule has 0 aromatic heterocycles. The van der Waals surface area contributed by atoms with Crippen LogP contribution in [0, 0.1) is 13.8 Å². The summed E-state index contributed by atoms with van der Waals surface area (Å²) in [7, 11) is 4.58. The van der Waals surface area contributed by atoms with E-state index in [1.165, 1.54) is 14.2 Å². The Labute approximate surface area is 198 Å². The van der Waals surface area contributed by atoms with Gasteiger partial charge in [0.05, 0.1) is 38.3 Å². The molecule has 4 rings (SSSR count). The third kappa shape index (κ3) is 3.96. The molecular weight excluding hydrogens is 432 g/mol. The SMILES string of the molecule is COc1ccc(C)cc1NC1=C(c2ccccc2OC)C(=O)N(c2cc(C)ccc2OC)C1=O. The van der Waals surface area contributed by atoms with Crippen molar-refractivity contribution in [1.82, 2.24) is 0 Å². The predicted octanol–water partition coefficient (Wildman–Crippen LogP) is 4.73. The number of hydrogen-bond donors (Lipinski definition) is 1. The fourth-order valence-corrected chi connectivity index (χ4v) is 3.99. The summed E-state index contributed by atoms with van der Waals surface area (Å²) in [6, 6.07) is 18.0. The molecule has 2 amide bonds. The third-order valence-corrected chi connectivity index (χ3v) is 5.65. The van der Waals surface area contributed by atoms with Gasteiger partial charge in [-0.1, -0.05) is 30.3 Å². The van der Waals surface area contributed by atoms with Crippen molar-refractivity contribution in [2.45, 2.75) is 13.8 Å². The van der Waals surface area contributed by atoms with Gasteiger partial charge in [0.25, 0.3) is 11.8 Å². The van der Waals surface area contributed by atoms with Crippen LogP contribution in [0.15, 0.2) is 66.4 Å². The van der Waals surface area contributed by atoms with Gasteiger partial charge in [-0.25, -0.2) is 4.90 Å². The van der Waals surface area contributed by atoms with E-state index in [4.69, 9.17) is 14.2 Å². The number of nitrogens with zero attached hydrogens (tertiary/aromatic N) is 1. The standard InChI is InChI=1S/C27H26N2O5/c1-16-10-12-22(33-4)19(14-16)28-25-24(18-8-6-7-9-21(18)32-3)26(30)29(27(25)31)20-15-17(2)11-13-23(20)34-5/h6-15,28H,1-5H3. The summed E-state index contributed by atoms with van der Waals surface area (Å²) in [5.74, 6) is 0.462. The smallest absolute Gasteiger partial charge is 0.282 e. The lowest BCUT2D eigenvalue weighted by molar-refractivity contribution is -0.120. The van der Waals surface area contributed by atoms with Crippen molar-refractivity contribution in [2.75, 3.05) is 31.5 Å². The largest absolute Gasteiger partial charge is 0.496 e. The minimum absolute atomic E-state index is 0.127. The van der Waals surface area contributed by atoms with Crippen LogP contribution in [0.5, 0.6) is 17.2 Å². The van der Waals surface area contributed by atoms with Gasteiger partial charge in [0.1, 0.15) is 22.9 Å². The Balaban J connectivity index is 1.93. The first kappa shape index (κ1) is 22.9. The van der Waals surface area contributed by atoms with Crippen LogP contribution in [-0.4, -0.2) is 33.1 Å². The van der Waals surface area contributed by atoms with E-state index in [9.17, 15) is 9.59 Å². The van der Waals surface area contributed by atoms with Crippen LogP contribution >= 0.6 is 0 Å². The number of methoxy groups -OCH3 is 3. The lowest BCUT2D eigenvalue weighted by Gasteiger charge is -2.19. The zero-order chi connectivity index (χ0) is 24.4. The highest BCUT2D eigenvalue weighted by molar-refractivity contribution is 6.46. The molecule has 0 aliphatic carbocycles. The molecule has 0 saturated heterocycles. The van der Waals surface area contributed by atoms with Gasteiger partial charge >= 0.3 is 0 Å². The number of aryl methyl sites for hydroxylation is 2. The number of ether oxygens (including phenoxy) is 3. The predicted molar refractivity (Wildman–Crippen MR) is 131 cm³/mol. The number of carbonyl (C=O) groups is 2. The van der Waals surface area contributed by atoms with Gasteiger partial charge in [0.2, 0.25) is 0 Å². The molecule has 0 bridgehead atoms. The van der Waals surface area contributed by atoms with E-state index >= 15 is 0 Å². The Morgan fingerprint density at radius 1 is 0.706 bits per heavy atom. The maximum absolute atomic E-state index is 13.9. The normalized spacial score (nSPS) is 13.4. The molecule has 7 nitrogen and oxygen atoms in total. The molecule has 0 unspecified atom stereocenters. The first-order valence-corrected chi connectivity index (χ1v) is 10.7. The molecule has 1 aliphatic heterocycles. The number of imide groups is 1. The maximum Gasteiger partial charge on any atom is 0.282 e. The van der Waals surface area contributed by atoms with Crippen molar-refractivity contribution in [3.63, 3.8) is 0 Å². The Kier molecular flexibility index (Phi) is 6.27. The lowest BCUT2D eigenvalue weighted by Crippen LogP contribution is -2.32. The summed E-state index contributed by atoms with van der Waals surface area (Å²) >= 11 is 0. The van der Waals surface area contributed by atoms with Crippen LogP contribution in [-0.2, 0) is 9.59 Å². The van der Waals surface area contributed by atoms with Crippen molar-refractivity contribution >= 4 is 28.8 Å². The monoisotopic (exact) mass is 458 g/mol. The molecule has 1 heterocycles. The van der Waals surface area contributed by atoms with Crippen LogP contribution in [0.1, 0.15) is 16.7 Å². The van der Waals surface area contributed by atoms with Gasteiger partial charge in [-0.15, -0.1) is 0 Å². The fraction of sp³-hybridized carbons (Fsp3) is 0.185. The Morgan fingerprint density at radius 3 is 2.00 bits per heavy atom. The number of para-hydroxylation sites is 1. The summed E-state index contributed by atoms with van der Waals surface area (Å²) in [5, 5.41) is 3.18. The second-order valence-electron chi connectivity index (χ2n) is 7.90. The molecule has 0 fully saturated rings. The van der Waals surface area contributed by atoms with Crippen LogP contribution < -0.4 is 24.4 Å². The van der Waals surface area contributed by atoms with Gasteiger partial charge in [0.15, 0.2) is 0 Å². The van der Waals surface area contributed by atoms with Gasteiger partial charge in [-0.05, 0) is 55.3 Å². The van der Waals surface area contributed by atoms with E-state index in [1.54, 1.807) is 37.4 Å². The van der Waals surface area contributed by atoms with Crippen molar-refractivity contribution in [3.8, 4) is 17.2 Å². The molecular formula is C27H26N2O5. The highest BCUT2D eigenvalue weighted by Gasteiger charge is 2.42. The molecule has 1 aliphatic rings. The van der Waals surface area contributed by atoms with Crippen LogP contribution in [0.3, 0.4) is 0 Å². The average molecular weight is 459 g/mol. The molecule has 34 heavy (non-hydrogen) atoms. The molecule has 0 saturated carbocycles. The Hall–Kier alpha value is -4.26. The first-order chi connectivity index (χ1) is 16.4. The zero-order valence-electron chi connectivity index (χ0n) is 19.8. The van der Waals surface area contributed by atoms with Gasteiger partial charge in [-0.3, -0.25) is 9.59 Å². The lowest BCUT2D eigenvalue weighted by atomic mass is 10.0. The Morgan fingerprint density at radius 2 is 1.32 bits per heavy atom. The van der Waals surface area contributed by atoms with Crippen LogP contribution in [0.2, 0.25) is 0 Å². The van der Waals surface area contributed by atoms with Gasteiger partial charge in [-0.2, -0.15) is 0 Å². The van der Waals surface area contributed by atoms with Crippen LogP contribution in [0.4, 0.5) is 11.4 Å². The van der Waals surface area contributed by atoms with E-state index in [0.717, 1.165) is 16.0 Å². The molecule has 3 aromatic rings. The van der Waals surface area contributed by atoms with Crippen molar-refractivity contribution in [1.29, 1.82) is 0 Å². The maximum atomic E-state index is 13.9. The average Bonchev–Trinajstić information content (AvgIpc) is 3.08. The van der Waals surface area contributed by atoms with Gasteiger partial charge < -0.3 is 19.5 Å². The number of rotatable bonds is 7. The molecule has 3 aromatic carbocycles. The second-order valence-corrected chi connectivity index (χ2v) is 7.90. The summed E-state index contributed by atoms with van der Waals surface area (Å²) < 4.78 is 16.5. The second kappa shape index (κ2) is 9.31. The van der Waals surface area contributed by atoms with Crippen molar-refractivity contribution < 1.29 is 23.8 Å². The number of nitrogens with one attached hydrogen (secondary N) is 1. The minimum atomic E-state index is -0.502. The highest BCUT2D eigenvalue weighted by atomic mass is 16.5. The van der Waals surface area contributed by atoms with E-state index in [0.29, 0.717) is 34.2 Å². The van der Waals surface area contributed by atoms with E-state index in [-0.39, 0.29) is 11.3 Å². The van der Waals surface area contributed by atoms with E-state index in [2.05, 4.69) is 5.32 Å². The number of benzene rings is 3. The van der Waals surface area contributed by atoms with Crippen LogP contribution in [0.25, 0.3) is 5.57 Å². The Bertz CT molecular complexity index is 1310. The highest BCUT2D eigenvalue weighted by Crippen LogP contribution is 2.41. The summed E-state index contributed by atoms with van der Waals surface area (Å²) in [5.41, 5.74) is 3.64. The van der Waals surface area contributed by atoms with E-state index < -0.39 is 11.8 Å². The molecule has 0 atom stereocenters. The quantitative estimate of drug-likeness (QED) is 0.516. The first-order valence-electron chi connectivity index (χ1n) is 10.7. The minimum Gasteiger partial charge on any atom is -0.496 e. The molecule has 0 spiro atoms. The summed E-state index contributed by atoms with van der Waals surface area (Å²) in [6.45, 7) is 3.82. The van der Waals surface area contributed by atoms with Gasteiger partial charge in [0, 0.05) is 5.56 Å². The number of carbonyl (C=O) groups excluding carboxylic acids is 2. The van der Waals surface area contributed by atoms with Crippen molar-refractivity contribution in [2.24, 2.45) is 0 Å². The molecule has 174 valence electrons.